The topological polar surface area (TPSA) is 46.3 Å². The second kappa shape index (κ2) is 6.28. The summed E-state index contributed by atoms with van der Waals surface area (Å²) in [5, 5.41) is 0. The predicted molar refractivity (Wildman–Crippen MR) is 76.5 cm³/mol. The van der Waals surface area contributed by atoms with Gasteiger partial charge in [-0.05, 0) is 37.0 Å². The number of hydrogen-bond donors (Lipinski definition) is 1. The second-order valence-electron chi connectivity index (χ2n) is 5.04. The zero-order valence-corrected chi connectivity index (χ0v) is 11.9. The Balaban J connectivity index is 1.86. The molecule has 1 amide bonds. The number of hydrogen-bond acceptors (Lipinski definition) is 3. The van der Waals surface area contributed by atoms with Crippen LogP contribution in [0.1, 0.15) is 19.8 Å². The summed E-state index contributed by atoms with van der Waals surface area (Å²) in [6, 6.07) is 4.56. The highest BCUT2D eigenvalue weighted by atomic mass is 32.2. The first-order chi connectivity index (χ1) is 9.06. The molecule has 2 rings (SSSR count). The maximum Gasteiger partial charge on any atom is 0.232 e. The number of carbonyl (C=O) groups excluding carboxylic acids is 1. The molecule has 0 atom stereocenters. The minimum absolute atomic E-state index is 0.0909. The molecule has 0 unspecified atom stereocenters. The van der Waals surface area contributed by atoms with Gasteiger partial charge in [-0.1, -0.05) is 6.92 Å². The van der Waals surface area contributed by atoms with Crippen LogP contribution in [0.3, 0.4) is 0 Å². The Hall–Kier alpha value is -1.23. The van der Waals surface area contributed by atoms with Crippen molar-refractivity contribution < 1.29 is 9.18 Å². The molecule has 19 heavy (non-hydrogen) atoms. The number of nitrogens with two attached hydrogens (primary N) is 1. The summed E-state index contributed by atoms with van der Waals surface area (Å²) >= 11 is 1.24. The van der Waals surface area contributed by atoms with E-state index in [1.165, 1.54) is 17.8 Å². The fraction of sp³-hybridized carbons (Fsp3) is 0.500. The molecule has 0 bridgehead atoms. The van der Waals surface area contributed by atoms with E-state index in [9.17, 15) is 9.18 Å². The van der Waals surface area contributed by atoms with Crippen LogP contribution in [0.25, 0.3) is 0 Å². The van der Waals surface area contributed by atoms with Crippen molar-refractivity contribution in [2.75, 3.05) is 24.6 Å². The second-order valence-corrected chi connectivity index (χ2v) is 6.06. The molecule has 1 fully saturated rings. The third-order valence-electron chi connectivity index (χ3n) is 3.44. The van der Waals surface area contributed by atoms with E-state index >= 15 is 0 Å². The van der Waals surface area contributed by atoms with Gasteiger partial charge in [0, 0.05) is 23.7 Å². The lowest BCUT2D eigenvalue weighted by Gasteiger charge is -2.30. The standard InChI is InChI=1S/C14H19FN2OS/c1-10-4-6-17(7-5-10)14(18)9-19-13-3-2-11(16)8-12(13)15/h2-3,8,10H,4-7,9,16H2,1H3. The maximum absolute atomic E-state index is 13.6. The van der Waals surface area contributed by atoms with Crippen molar-refractivity contribution in [1.29, 1.82) is 0 Å². The zero-order valence-electron chi connectivity index (χ0n) is 11.1. The molecule has 5 heteroatoms. The Bertz CT molecular complexity index is 459. The SMILES string of the molecule is CC1CCN(C(=O)CSc2ccc(N)cc2F)CC1. The number of nitrogens with zero attached hydrogens (tertiary/aromatic N) is 1. The van der Waals surface area contributed by atoms with Crippen molar-refractivity contribution in [3.8, 4) is 0 Å². The van der Waals surface area contributed by atoms with Crippen molar-refractivity contribution in [3.63, 3.8) is 0 Å². The van der Waals surface area contributed by atoms with Gasteiger partial charge < -0.3 is 10.6 Å². The molecule has 0 radical (unpaired) electrons. The van der Waals surface area contributed by atoms with E-state index in [0.717, 1.165) is 25.9 Å². The Morgan fingerprint density at radius 1 is 1.47 bits per heavy atom. The van der Waals surface area contributed by atoms with Crippen LogP contribution in [0.2, 0.25) is 0 Å². The average molecular weight is 282 g/mol. The number of carbonyl (C=O) groups is 1. The van der Waals surface area contributed by atoms with E-state index < -0.39 is 0 Å². The molecule has 3 nitrogen and oxygen atoms in total. The van der Waals surface area contributed by atoms with Crippen LogP contribution in [0, 0.1) is 11.7 Å². The van der Waals surface area contributed by atoms with Crippen LogP contribution in [0.5, 0.6) is 0 Å². The number of piperidine rings is 1. The van der Waals surface area contributed by atoms with Gasteiger partial charge in [0.25, 0.3) is 0 Å². The van der Waals surface area contributed by atoms with Gasteiger partial charge in [-0.25, -0.2) is 4.39 Å². The number of halogens is 1. The summed E-state index contributed by atoms with van der Waals surface area (Å²) in [4.78, 5) is 14.4. The molecule has 1 aliphatic rings. The normalized spacial score (nSPS) is 16.6. The Labute approximate surface area is 117 Å². The fourth-order valence-electron chi connectivity index (χ4n) is 2.12. The smallest absolute Gasteiger partial charge is 0.232 e. The molecule has 2 N–H and O–H groups in total. The van der Waals surface area contributed by atoms with Crippen LogP contribution in [0.15, 0.2) is 23.1 Å². The van der Waals surface area contributed by atoms with E-state index in [2.05, 4.69) is 6.92 Å². The summed E-state index contributed by atoms with van der Waals surface area (Å²) in [7, 11) is 0. The number of anilines is 1. The van der Waals surface area contributed by atoms with Gasteiger partial charge in [0.2, 0.25) is 5.91 Å². The first-order valence-electron chi connectivity index (χ1n) is 6.52. The van der Waals surface area contributed by atoms with E-state index in [4.69, 9.17) is 5.73 Å². The maximum atomic E-state index is 13.6. The van der Waals surface area contributed by atoms with Gasteiger partial charge in [-0.3, -0.25) is 4.79 Å². The van der Waals surface area contributed by atoms with Gasteiger partial charge >= 0.3 is 0 Å². The fourth-order valence-corrected chi connectivity index (χ4v) is 2.95. The first-order valence-corrected chi connectivity index (χ1v) is 7.50. The number of likely N-dealkylation sites (tertiary alicyclic amines) is 1. The highest BCUT2D eigenvalue weighted by Crippen LogP contribution is 2.24. The highest BCUT2D eigenvalue weighted by molar-refractivity contribution is 8.00. The van der Waals surface area contributed by atoms with Gasteiger partial charge in [-0.15, -0.1) is 11.8 Å². The Morgan fingerprint density at radius 3 is 2.79 bits per heavy atom. The van der Waals surface area contributed by atoms with Crippen LogP contribution in [0.4, 0.5) is 10.1 Å². The first kappa shape index (κ1) is 14.2. The van der Waals surface area contributed by atoms with Crippen LogP contribution in [-0.4, -0.2) is 29.6 Å². The van der Waals surface area contributed by atoms with Crippen molar-refractivity contribution in [2.24, 2.45) is 5.92 Å². The molecular formula is C14H19FN2OS. The molecule has 1 aromatic rings. The molecule has 0 aliphatic carbocycles. The number of nitrogen functional groups attached to an aromatic ring is 1. The third kappa shape index (κ3) is 3.86. The van der Waals surface area contributed by atoms with Crippen LogP contribution >= 0.6 is 11.8 Å². The molecule has 1 aliphatic heterocycles. The summed E-state index contributed by atoms with van der Waals surface area (Å²) in [5.41, 5.74) is 5.89. The quantitative estimate of drug-likeness (QED) is 0.685. The highest BCUT2D eigenvalue weighted by Gasteiger charge is 2.20. The monoisotopic (exact) mass is 282 g/mol. The summed E-state index contributed by atoms with van der Waals surface area (Å²) in [6.45, 7) is 3.86. The van der Waals surface area contributed by atoms with Crippen LogP contribution < -0.4 is 5.73 Å². The van der Waals surface area contributed by atoms with Crippen molar-refractivity contribution in [1.82, 2.24) is 4.90 Å². The molecule has 1 heterocycles. The van der Waals surface area contributed by atoms with Gasteiger partial charge in [-0.2, -0.15) is 0 Å². The molecule has 0 spiro atoms. The molecule has 1 saturated heterocycles. The van der Waals surface area contributed by atoms with E-state index in [1.54, 1.807) is 12.1 Å². The largest absolute Gasteiger partial charge is 0.399 e. The lowest BCUT2D eigenvalue weighted by atomic mass is 9.99. The molecule has 0 aromatic heterocycles. The van der Waals surface area contributed by atoms with Gasteiger partial charge in [0.1, 0.15) is 5.82 Å². The minimum Gasteiger partial charge on any atom is -0.399 e. The van der Waals surface area contributed by atoms with E-state index in [1.807, 2.05) is 4.90 Å². The number of rotatable bonds is 3. The van der Waals surface area contributed by atoms with Crippen molar-refractivity contribution >= 4 is 23.4 Å². The molecule has 104 valence electrons. The van der Waals surface area contributed by atoms with Crippen molar-refractivity contribution in [2.45, 2.75) is 24.7 Å². The minimum atomic E-state index is -0.356. The Morgan fingerprint density at radius 2 is 2.16 bits per heavy atom. The lowest BCUT2D eigenvalue weighted by Crippen LogP contribution is -2.38. The lowest BCUT2D eigenvalue weighted by molar-refractivity contribution is -0.129. The Kier molecular flexibility index (Phi) is 4.69. The molecule has 0 saturated carbocycles. The van der Waals surface area contributed by atoms with E-state index in [-0.39, 0.29) is 17.5 Å². The third-order valence-corrected chi connectivity index (χ3v) is 4.48. The van der Waals surface area contributed by atoms with Crippen LogP contribution in [-0.2, 0) is 4.79 Å². The summed E-state index contributed by atoms with van der Waals surface area (Å²) < 4.78 is 13.6. The van der Waals surface area contributed by atoms with E-state index in [0.29, 0.717) is 16.5 Å². The zero-order chi connectivity index (χ0) is 13.8. The summed E-state index contributed by atoms with van der Waals surface area (Å²) in [6.07, 6.45) is 2.12. The van der Waals surface area contributed by atoms with Crippen molar-refractivity contribution in [3.05, 3.63) is 24.0 Å². The van der Waals surface area contributed by atoms with Gasteiger partial charge in [0.15, 0.2) is 0 Å². The molecule has 1 aromatic carbocycles. The summed E-state index contributed by atoms with van der Waals surface area (Å²) in [5.74, 6) is 0.722. The van der Waals surface area contributed by atoms with Gasteiger partial charge in [0.05, 0.1) is 5.75 Å². The number of amides is 1. The number of thioether (sulfide) groups is 1. The average Bonchev–Trinajstić information content (AvgIpc) is 2.38. The molecular weight excluding hydrogens is 263 g/mol. The number of benzene rings is 1. The predicted octanol–water partition coefficient (Wildman–Crippen LogP) is 2.76.